The molecule has 102 valence electrons. The van der Waals surface area contributed by atoms with Gasteiger partial charge in [0.25, 0.3) is 5.79 Å². The number of nitriles is 1. The van der Waals surface area contributed by atoms with Crippen molar-refractivity contribution in [3.63, 3.8) is 0 Å². The maximum absolute atomic E-state index is 11.8. The Balaban J connectivity index is 2.39. The van der Waals surface area contributed by atoms with Crippen LogP contribution in [0.5, 0.6) is 0 Å². The van der Waals surface area contributed by atoms with Crippen LogP contribution in [0.4, 0.5) is 5.69 Å². The third kappa shape index (κ3) is 2.62. The number of anilines is 1. The molecule has 0 aliphatic carbocycles. The number of benzene rings is 1. The highest BCUT2D eigenvalue weighted by molar-refractivity contribution is 6.18. The second-order valence-electron chi connectivity index (χ2n) is 4.70. The third-order valence-corrected chi connectivity index (χ3v) is 2.63. The van der Waals surface area contributed by atoms with Crippen molar-refractivity contribution in [2.75, 3.05) is 5.73 Å². The monoisotopic (exact) mass is 272 g/mol. The Kier molecular flexibility index (Phi) is 3.20. The largest absolute Gasteiger partial charge is 0.419 e. The molecule has 1 aliphatic heterocycles. The molecule has 2 N–H and O–H groups in total. The van der Waals surface area contributed by atoms with Crippen LogP contribution < -0.4 is 5.73 Å². The molecule has 1 fully saturated rings. The predicted molar refractivity (Wildman–Crippen MR) is 69.8 cm³/mol. The van der Waals surface area contributed by atoms with Gasteiger partial charge < -0.3 is 15.2 Å². The van der Waals surface area contributed by atoms with Crippen LogP contribution in [0.15, 0.2) is 23.8 Å². The van der Waals surface area contributed by atoms with E-state index in [9.17, 15) is 9.59 Å². The van der Waals surface area contributed by atoms with Crippen molar-refractivity contribution in [3.8, 4) is 6.07 Å². The minimum atomic E-state index is -1.27. The van der Waals surface area contributed by atoms with E-state index in [0.29, 0.717) is 11.3 Å². The van der Waals surface area contributed by atoms with Crippen molar-refractivity contribution in [1.29, 1.82) is 5.26 Å². The van der Waals surface area contributed by atoms with Crippen LogP contribution in [0.3, 0.4) is 0 Å². The van der Waals surface area contributed by atoms with E-state index in [-0.39, 0.29) is 11.1 Å². The van der Waals surface area contributed by atoms with Gasteiger partial charge in [-0.05, 0) is 23.8 Å². The van der Waals surface area contributed by atoms with Crippen LogP contribution in [0, 0.1) is 11.3 Å². The highest BCUT2D eigenvalue weighted by Gasteiger charge is 2.38. The Bertz CT molecular complexity index is 646. The first-order valence-corrected chi connectivity index (χ1v) is 5.80. The second-order valence-corrected chi connectivity index (χ2v) is 4.70. The van der Waals surface area contributed by atoms with E-state index in [1.165, 1.54) is 32.1 Å². The molecule has 0 unspecified atom stereocenters. The Morgan fingerprint density at radius 1 is 1.25 bits per heavy atom. The van der Waals surface area contributed by atoms with Crippen LogP contribution >= 0.6 is 0 Å². The molecule has 0 bridgehead atoms. The Labute approximate surface area is 115 Å². The van der Waals surface area contributed by atoms with E-state index < -0.39 is 17.7 Å². The summed E-state index contributed by atoms with van der Waals surface area (Å²) < 4.78 is 9.94. The van der Waals surface area contributed by atoms with E-state index in [1.54, 1.807) is 6.07 Å². The summed E-state index contributed by atoms with van der Waals surface area (Å²) in [5.41, 5.74) is 6.44. The molecule has 1 heterocycles. The van der Waals surface area contributed by atoms with Gasteiger partial charge in [-0.2, -0.15) is 5.26 Å². The van der Waals surface area contributed by atoms with Crippen LogP contribution in [0.25, 0.3) is 6.08 Å². The molecule has 6 nitrogen and oxygen atoms in total. The molecule has 6 heteroatoms. The summed E-state index contributed by atoms with van der Waals surface area (Å²) >= 11 is 0. The van der Waals surface area contributed by atoms with Crippen LogP contribution in [0.1, 0.15) is 25.0 Å². The zero-order valence-corrected chi connectivity index (χ0v) is 11.0. The van der Waals surface area contributed by atoms with Crippen molar-refractivity contribution in [3.05, 3.63) is 34.9 Å². The molecule has 2 rings (SSSR count). The molecule has 1 aromatic rings. The van der Waals surface area contributed by atoms with E-state index in [4.69, 9.17) is 20.5 Å². The molecule has 1 aliphatic rings. The van der Waals surface area contributed by atoms with Gasteiger partial charge in [0.1, 0.15) is 11.6 Å². The minimum absolute atomic E-state index is 0.224. The first-order valence-electron chi connectivity index (χ1n) is 5.80. The van der Waals surface area contributed by atoms with Gasteiger partial charge in [-0.3, -0.25) is 0 Å². The summed E-state index contributed by atoms with van der Waals surface area (Å²) in [5, 5.41) is 8.89. The summed E-state index contributed by atoms with van der Waals surface area (Å²) in [6, 6.07) is 6.51. The molecule has 0 radical (unpaired) electrons. The Hall–Kier alpha value is -2.81. The molecule has 0 saturated carbocycles. The van der Waals surface area contributed by atoms with Gasteiger partial charge in [0.2, 0.25) is 0 Å². The van der Waals surface area contributed by atoms with Crippen molar-refractivity contribution in [2.24, 2.45) is 0 Å². The number of hydrogen-bond donors (Lipinski definition) is 1. The van der Waals surface area contributed by atoms with Gasteiger partial charge >= 0.3 is 11.9 Å². The first kappa shape index (κ1) is 13.6. The number of nitrogens with two attached hydrogens (primary N) is 1. The van der Waals surface area contributed by atoms with Gasteiger partial charge in [-0.1, -0.05) is 6.07 Å². The van der Waals surface area contributed by atoms with Crippen LogP contribution in [0.2, 0.25) is 0 Å². The number of ether oxygens (including phenoxy) is 2. The molecule has 20 heavy (non-hydrogen) atoms. The zero-order chi connectivity index (χ0) is 14.9. The molecule has 0 aromatic heterocycles. The average molecular weight is 272 g/mol. The van der Waals surface area contributed by atoms with E-state index >= 15 is 0 Å². The molecule has 1 aromatic carbocycles. The molecule has 1 saturated heterocycles. The maximum Gasteiger partial charge on any atom is 0.348 e. The lowest BCUT2D eigenvalue weighted by atomic mass is 10.1. The van der Waals surface area contributed by atoms with Gasteiger partial charge in [0, 0.05) is 19.5 Å². The molecular formula is C14H12N2O4. The summed E-state index contributed by atoms with van der Waals surface area (Å²) in [5.74, 6) is -2.80. The predicted octanol–water partition coefficient (Wildman–Crippen LogP) is 1.36. The minimum Gasteiger partial charge on any atom is -0.419 e. The van der Waals surface area contributed by atoms with Crippen LogP contribution in [-0.2, 0) is 19.1 Å². The van der Waals surface area contributed by atoms with Gasteiger partial charge in [-0.25, -0.2) is 9.59 Å². The highest BCUT2D eigenvalue weighted by atomic mass is 16.7. The lowest BCUT2D eigenvalue weighted by Gasteiger charge is -2.29. The summed E-state index contributed by atoms with van der Waals surface area (Å²) in [6.07, 6.45) is 1.31. The number of rotatable bonds is 1. The zero-order valence-electron chi connectivity index (χ0n) is 11.0. The fourth-order valence-electron chi connectivity index (χ4n) is 1.71. The van der Waals surface area contributed by atoms with E-state index in [2.05, 4.69) is 0 Å². The standard InChI is InChI=1S/C14H12N2O4/c1-14(2)19-12(17)10(13(18)20-14)6-8-3-4-11(16)9(5-8)7-15/h3-6H,16H2,1-2H3. The smallest absolute Gasteiger partial charge is 0.348 e. The molecule has 0 amide bonds. The lowest BCUT2D eigenvalue weighted by molar-refractivity contribution is -0.222. The van der Waals surface area contributed by atoms with Crippen LogP contribution in [-0.4, -0.2) is 17.7 Å². The van der Waals surface area contributed by atoms with E-state index in [0.717, 1.165) is 0 Å². The summed E-state index contributed by atoms with van der Waals surface area (Å²) in [4.78, 5) is 23.5. The number of cyclic esters (lactones) is 2. The number of carbonyl (C=O) groups is 2. The van der Waals surface area contributed by atoms with Crippen molar-refractivity contribution < 1.29 is 19.1 Å². The average Bonchev–Trinajstić information content (AvgIpc) is 2.34. The molecule has 0 atom stereocenters. The molecular weight excluding hydrogens is 260 g/mol. The first-order chi connectivity index (χ1) is 9.32. The van der Waals surface area contributed by atoms with Crippen molar-refractivity contribution >= 4 is 23.7 Å². The number of nitrogen functional groups attached to an aromatic ring is 1. The Morgan fingerprint density at radius 3 is 2.40 bits per heavy atom. The highest BCUT2D eigenvalue weighted by Crippen LogP contribution is 2.24. The fourth-order valence-corrected chi connectivity index (χ4v) is 1.71. The summed E-state index contributed by atoms with van der Waals surface area (Å²) in [7, 11) is 0. The number of esters is 2. The number of hydrogen-bond acceptors (Lipinski definition) is 6. The lowest BCUT2D eigenvalue weighted by Crippen LogP contribution is -2.41. The fraction of sp³-hybridized carbons (Fsp3) is 0.214. The van der Waals surface area contributed by atoms with Gasteiger partial charge in [0.05, 0.1) is 5.56 Å². The normalized spacial score (nSPS) is 16.9. The van der Waals surface area contributed by atoms with E-state index in [1.807, 2.05) is 6.07 Å². The molecule has 0 spiro atoms. The maximum atomic E-state index is 11.8. The third-order valence-electron chi connectivity index (χ3n) is 2.63. The Morgan fingerprint density at radius 2 is 1.85 bits per heavy atom. The van der Waals surface area contributed by atoms with Crippen molar-refractivity contribution in [2.45, 2.75) is 19.6 Å². The SMILES string of the molecule is CC1(C)OC(=O)C(=Cc2ccc(N)c(C#N)c2)C(=O)O1. The quantitative estimate of drug-likeness (QED) is 0.358. The van der Waals surface area contributed by atoms with Gasteiger partial charge in [0.15, 0.2) is 0 Å². The number of carbonyl (C=O) groups excluding carboxylic acids is 2. The van der Waals surface area contributed by atoms with Gasteiger partial charge in [-0.15, -0.1) is 0 Å². The second kappa shape index (κ2) is 4.70. The van der Waals surface area contributed by atoms with Crippen molar-refractivity contribution in [1.82, 2.24) is 0 Å². The summed E-state index contributed by atoms with van der Waals surface area (Å²) in [6.45, 7) is 2.94. The topological polar surface area (TPSA) is 102 Å². The number of nitrogens with zero attached hydrogens (tertiary/aromatic N) is 1.